The first kappa shape index (κ1) is 14.9. The fraction of sp³-hybridized carbons (Fsp3) is 0.769. The quantitative estimate of drug-likeness (QED) is 0.798. The second kappa shape index (κ2) is 7.33. The number of hydrogen-bond donors (Lipinski definition) is 0. The molecule has 1 fully saturated rings. The van der Waals surface area contributed by atoms with Crippen molar-refractivity contribution in [2.75, 3.05) is 24.6 Å². The van der Waals surface area contributed by atoms with Crippen molar-refractivity contribution in [1.29, 1.82) is 0 Å². The van der Waals surface area contributed by atoms with Gasteiger partial charge in [0.25, 0.3) is 5.91 Å². The molecule has 0 saturated carbocycles. The van der Waals surface area contributed by atoms with Crippen LogP contribution >= 0.6 is 23.5 Å². The highest BCUT2D eigenvalue weighted by Gasteiger charge is 2.24. The third-order valence-corrected chi connectivity index (χ3v) is 5.45. The summed E-state index contributed by atoms with van der Waals surface area (Å²) in [5, 5.41) is 1.26. The molecule has 1 saturated heterocycles. The number of thioether (sulfide) groups is 2. The first-order valence-electron chi connectivity index (χ1n) is 6.81. The van der Waals surface area contributed by atoms with Gasteiger partial charge >= 0.3 is 0 Å². The third kappa shape index (κ3) is 4.53. The van der Waals surface area contributed by atoms with Crippen molar-refractivity contribution >= 4 is 40.4 Å². The lowest BCUT2D eigenvalue weighted by Crippen LogP contribution is -2.36. The Balaban J connectivity index is 1.89. The maximum absolute atomic E-state index is 12.3. The van der Waals surface area contributed by atoms with E-state index in [0.29, 0.717) is 22.5 Å². The lowest BCUT2D eigenvalue weighted by atomic mass is 10.2. The number of likely N-dealkylation sites (tertiary alicyclic amines) is 1. The van der Waals surface area contributed by atoms with E-state index in [1.54, 1.807) is 0 Å². The molecule has 0 bridgehead atoms. The molecule has 2 amide bonds. The van der Waals surface area contributed by atoms with Crippen LogP contribution in [0, 0.1) is 0 Å². The van der Waals surface area contributed by atoms with Gasteiger partial charge in [-0.05, 0) is 18.6 Å². The van der Waals surface area contributed by atoms with Gasteiger partial charge < -0.3 is 4.90 Å². The molecule has 2 rings (SSSR count). The maximum Gasteiger partial charge on any atom is 0.256 e. The highest BCUT2D eigenvalue weighted by molar-refractivity contribution is 8.15. The summed E-state index contributed by atoms with van der Waals surface area (Å²) >= 11 is 3.35. The molecule has 6 heteroatoms. The van der Waals surface area contributed by atoms with Gasteiger partial charge in [0.2, 0.25) is 5.91 Å². The zero-order valence-electron chi connectivity index (χ0n) is 11.3. The van der Waals surface area contributed by atoms with Crippen LogP contribution in [-0.4, -0.2) is 51.6 Å². The van der Waals surface area contributed by atoms with E-state index >= 15 is 0 Å². The first-order valence-corrected chi connectivity index (χ1v) is 8.85. The van der Waals surface area contributed by atoms with E-state index in [1.165, 1.54) is 24.6 Å². The van der Waals surface area contributed by atoms with Crippen LogP contribution in [0.1, 0.15) is 32.6 Å². The van der Waals surface area contributed by atoms with E-state index in [-0.39, 0.29) is 11.8 Å². The molecular weight excluding hydrogens is 280 g/mol. The van der Waals surface area contributed by atoms with E-state index in [4.69, 9.17) is 0 Å². The van der Waals surface area contributed by atoms with Crippen molar-refractivity contribution in [2.24, 2.45) is 4.99 Å². The van der Waals surface area contributed by atoms with Gasteiger partial charge in [0, 0.05) is 18.3 Å². The number of carbonyl (C=O) groups is 2. The minimum absolute atomic E-state index is 0.108. The Morgan fingerprint density at radius 1 is 1.53 bits per heavy atom. The van der Waals surface area contributed by atoms with E-state index < -0.39 is 0 Å². The fourth-order valence-electron chi connectivity index (χ4n) is 2.38. The van der Waals surface area contributed by atoms with Crippen molar-refractivity contribution in [1.82, 2.24) is 4.90 Å². The van der Waals surface area contributed by atoms with Crippen molar-refractivity contribution in [2.45, 2.75) is 37.9 Å². The van der Waals surface area contributed by atoms with Gasteiger partial charge in [-0.3, -0.25) is 9.59 Å². The second-order valence-electron chi connectivity index (χ2n) is 4.78. The Morgan fingerprint density at radius 2 is 2.37 bits per heavy atom. The predicted molar refractivity (Wildman–Crippen MR) is 81.9 cm³/mol. The van der Waals surface area contributed by atoms with Crippen molar-refractivity contribution < 1.29 is 9.59 Å². The molecule has 2 aliphatic rings. The normalized spacial score (nSPS) is 24.3. The number of rotatable bonds is 4. The third-order valence-electron chi connectivity index (χ3n) is 3.30. The number of carbonyl (C=O) groups excluding carboxylic acids is 2. The molecule has 0 radical (unpaired) electrons. The van der Waals surface area contributed by atoms with Crippen LogP contribution in [-0.2, 0) is 9.59 Å². The summed E-state index contributed by atoms with van der Waals surface area (Å²) in [6, 6.07) is 0. The summed E-state index contributed by atoms with van der Waals surface area (Å²) in [5.74, 6) is 1.52. The Hall–Kier alpha value is -0.490. The highest BCUT2D eigenvalue weighted by Crippen LogP contribution is 2.23. The molecule has 2 heterocycles. The van der Waals surface area contributed by atoms with Crippen molar-refractivity contribution in [3.05, 3.63) is 0 Å². The van der Waals surface area contributed by atoms with Crippen LogP contribution in [0.5, 0.6) is 0 Å². The van der Waals surface area contributed by atoms with Gasteiger partial charge in [0.05, 0.1) is 17.2 Å². The van der Waals surface area contributed by atoms with Crippen molar-refractivity contribution in [3.8, 4) is 0 Å². The zero-order chi connectivity index (χ0) is 13.7. The summed E-state index contributed by atoms with van der Waals surface area (Å²) in [4.78, 5) is 29.2. The molecule has 19 heavy (non-hydrogen) atoms. The summed E-state index contributed by atoms with van der Waals surface area (Å²) < 4.78 is 0. The molecule has 0 spiro atoms. The van der Waals surface area contributed by atoms with Crippen LogP contribution in [0.2, 0.25) is 0 Å². The summed E-state index contributed by atoms with van der Waals surface area (Å²) in [6.45, 7) is 3.87. The topological polar surface area (TPSA) is 49.7 Å². The van der Waals surface area contributed by atoms with E-state index in [1.807, 2.05) is 16.7 Å². The number of hydrogen-bond acceptors (Lipinski definition) is 4. The van der Waals surface area contributed by atoms with E-state index in [0.717, 1.165) is 25.3 Å². The van der Waals surface area contributed by atoms with Crippen LogP contribution < -0.4 is 0 Å². The minimum atomic E-state index is -0.108. The molecule has 0 aliphatic carbocycles. The maximum atomic E-state index is 12.3. The SMILES string of the molecule is CCSC1CCCCN(C(=O)CC2=NC(=O)CS2)C1. The van der Waals surface area contributed by atoms with Gasteiger partial charge in [-0.1, -0.05) is 13.3 Å². The summed E-state index contributed by atoms with van der Waals surface area (Å²) in [7, 11) is 0. The lowest BCUT2D eigenvalue weighted by molar-refractivity contribution is -0.129. The molecule has 0 aromatic heterocycles. The van der Waals surface area contributed by atoms with Gasteiger partial charge in [0.15, 0.2) is 0 Å². The summed E-state index contributed by atoms with van der Waals surface area (Å²) in [6.07, 6.45) is 3.80. The van der Waals surface area contributed by atoms with E-state index in [9.17, 15) is 9.59 Å². The molecule has 0 N–H and O–H groups in total. The summed E-state index contributed by atoms with van der Waals surface area (Å²) in [5.41, 5.74) is 0. The molecule has 106 valence electrons. The van der Waals surface area contributed by atoms with Gasteiger partial charge in [-0.15, -0.1) is 11.8 Å². The Morgan fingerprint density at radius 3 is 3.05 bits per heavy atom. The smallest absolute Gasteiger partial charge is 0.256 e. The minimum Gasteiger partial charge on any atom is -0.341 e. The highest BCUT2D eigenvalue weighted by atomic mass is 32.2. The van der Waals surface area contributed by atoms with Gasteiger partial charge in [0.1, 0.15) is 0 Å². The van der Waals surface area contributed by atoms with Crippen LogP contribution in [0.25, 0.3) is 0 Å². The fourth-order valence-corrected chi connectivity index (χ4v) is 4.22. The monoisotopic (exact) mass is 300 g/mol. The second-order valence-corrected chi connectivity index (χ2v) is 7.40. The van der Waals surface area contributed by atoms with E-state index in [2.05, 4.69) is 11.9 Å². The van der Waals surface area contributed by atoms with Crippen LogP contribution in [0.15, 0.2) is 4.99 Å². The Kier molecular flexibility index (Phi) is 5.76. The number of aliphatic imine (C=N–C) groups is 1. The average Bonchev–Trinajstić information content (AvgIpc) is 2.65. The molecule has 1 unspecified atom stereocenters. The molecular formula is C13H20N2O2S2. The predicted octanol–water partition coefficient (Wildman–Crippen LogP) is 2.18. The zero-order valence-corrected chi connectivity index (χ0v) is 12.9. The van der Waals surface area contributed by atoms with Gasteiger partial charge in [-0.25, -0.2) is 4.99 Å². The molecule has 0 aromatic carbocycles. The largest absolute Gasteiger partial charge is 0.341 e. The van der Waals surface area contributed by atoms with Crippen LogP contribution in [0.4, 0.5) is 0 Å². The molecule has 1 atom stereocenters. The lowest BCUT2D eigenvalue weighted by Gasteiger charge is -2.24. The van der Waals surface area contributed by atoms with Gasteiger partial charge in [-0.2, -0.15) is 11.8 Å². The first-order chi connectivity index (χ1) is 9.19. The Labute approximate surface area is 122 Å². The number of nitrogens with zero attached hydrogens (tertiary/aromatic N) is 2. The number of amides is 2. The average molecular weight is 300 g/mol. The standard InChI is InChI=1S/C13H20N2O2S2/c1-2-18-10-5-3-4-6-15(8-10)13(17)7-12-14-11(16)9-19-12/h10H,2-9H2,1H3. The molecule has 2 aliphatic heterocycles. The van der Waals surface area contributed by atoms with Crippen LogP contribution in [0.3, 0.4) is 0 Å². The molecule has 4 nitrogen and oxygen atoms in total. The molecule has 0 aromatic rings. The van der Waals surface area contributed by atoms with Crippen molar-refractivity contribution in [3.63, 3.8) is 0 Å². The Bertz CT molecular complexity index is 385.